The highest BCUT2D eigenvalue weighted by molar-refractivity contribution is 4.94. The van der Waals surface area contributed by atoms with Crippen molar-refractivity contribution in [1.29, 1.82) is 5.53 Å². The van der Waals surface area contributed by atoms with E-state index in [1.54, 1.807) is 0 Å². The van der Waals surface area contributed by atoms with Crippen LogP contribution in [0, 0.1) is 5.53 Å². The predicted octanol–water partition coefficient (Wildman–Crippen LogP) is 1.09. The molecule has 0 radical (unpaired) electrons. The minimum Gasteiger partial charge on any atom is -0.295 e. The molecule has 4 heteroatoms. The van der Waals surface area contributed by atoms with E-state index in [0.29, 0.717) is 6.17 Å². The SMILES string of the molecule is CC(/C=C\N1NC1C)N=N. The van der Waals surface area contributed by atoms with E-state index in [1.165, 1.54) is 0 Å². The van der Waals surface area contributed by atoms with E-state index in [1.807, 2.05) is 24.2 Å². The van der Waals surface area contributed by atoms with Gasteiger partial charge in [-0.2, -0.15) is 5.11 Å². The Morgan fingerprint density at radius 2 is 2.40 bits per heavy atom. The summed E-state index contributed by atoms with van der Waals surface area (Å²) in [5.41, 5.74) is 9.71. The largest absolute Gasteiger partial charge is 0.295 e. The molecular weight excluding hydrogens is 128 g/mol. The monoisotopic (exact) mass is 140 g/mol. The fourth-order valence-corrected chi connectivity index (χ4v) is 0.615. The van der Waals surface area contributed by atoms with Gasteiger partial charge in [0.2, 0.25) is 0 Å². The maximum atomic E-state index is 6.66. The fourth-order valence-electron chi connectivity index (χ4n) is 0.615. The van der Waals surface area contributed by atoms with Crippen molar-refractivity contribution in [2.45, 2.75) is 26.1 Å². The molecule has 2 unspecified atom stereocenters. The zero-order chi connectivity index (χ0) is 7.56. The zero-order valence-corrected chi connectivity index (χ0v) is 6.20. The molecule has 4 nitrogen and oxygen atoms in total. The molecule has 0 aromatic rings. The van der Waals surface area contributed by atoms with Gasteiger partial charge in [-0.05, 0) is 19.9 Å². The smallest absolute Gasteiger partial charge is 0.108 e. The van der Waals surface area contributed by atoms with E-state index in [4.69, 9.17) is 5.53 Å². The summed E-state index contributed by atoms with van der Waals surface area (Å²) in [7, 11) is 0. The molecule has 0 spiro atoms. The Bertz CT molecular complexity index is 154. The molecule has 1 saturated heterocycles. The molecule has 1 aliphatic heterocycles. The molecule has 1 rings (SSSR count). The number of hydrazine groups is 1. The Labute approximate surface area is 60.4 Å². The molecule has 1 heterocycles. The lowest BCUT2D eigenvalue weighted by molar-refractivity contribution is 0.655. The van der Waals surface area contributed by atoms with Crippen LogP contribution in [0.5, 0.6) is 0 Å². The maximum Gasteiger partial charge on any atom is 0.108 e. The first-order valence-electron chi connectivity index (χ1n) is 3.33. The van der Waals surface area contributed by atoms with E-state index < -0.39 is 0 Å². The van der Waals surface area contributed by atoms with Crippen LogP contribution in [-0.4, -0.2) is 17.2 Å². The average Bonchev–Trinajstić information content (AvgIpc) is 2.61. The summed E-state index contributed by atoms with van der Waals surface area (Å²) < 4.78 is 0. The summed E-state index contributed by atoms with van der Waals surface area (Å²) in [6, 6.07) is -0.00500. The van der Waals surface area contributed by atoms with Crippen LogP contribution in [0.4, 0.5) is 0 Å². The highest BCUT2D eigenvalue weighted by atomic mass is 15.7. The number of rotatable bonds is 3. The van der Waals surface area contributed by atoms with Crippen molar-refractivity contribution in [2.75, 3.05) is 0 Å². The molecule has 2 N–H and O–H groups in total. The Morgan fingerprint density at radius 3 is 2.80 bits per heavy atom. The Kier molecular flexibility index (Phi) is 2.01. The van der Waals surface area contributed by atoms with Gasteiger partial charge < -0.3 is 0 Å². The molecule has 0 aliphatic carbocycles. The second-order valence-corrected chi connectivity index (χ2v) is 2.42. The Balaban J connectivity index is 2.23. The van der Waals surface area contributed by atoms with Crippen LogP contribution in [0.1, 0.15) is 13.8 Å². The van der Waals surface area contributed by atoms with Gasteiger partial charge in [0.15, 0.2) is 0 Å². The lowest BCUT2D eigenvalue weighted by atomic mass is 10.3. The molecule has 0 amide bonds. The molecule has 0 bridgehead atoms. The first-order valence-corrected chi connectivity index (χ1v) is 3.33. The standard InChI is InChI=1S/C6H12N4/c1-5(8-7)3-4-10-6(2)9-10/h3-7,9H,1-2H3/b4-3-,8-7?. The van der Waals surface area contributed by atoms with Crippen LogP contribution in [0.2, 0.25) is 0 Å². The van der Waals surface area contributed by atoms with Gasteiger partial charge >= 0.3 is 0 Å². The van der Waals surface area contributed by atoms with Gasteiger partial charge in [-0.3, -0.25) is 5.01 Å². The third-order valence-electron chi connectivity index (χ3n) is 1.41. The number of nitrogens with zero attached hydrogens (tertiary/aromatic N) is 2. The molecule has 0 saturated carbocycles. The molecule has 0 aromatic heterocycles. The molecule has 1 aliphatic rings. The predicted molar refractivity (Wildman–Crippen MR) is 38.2 cm³/mol. The van der Waals surface area contributed by atoms with Gasteiger partial charge in [0.05, 0.1) is 6.04 Å². The first kappa shape index (κ1) is 7.21. The highest BCUT2D eigenvalue weighted by Gasteiger charge is 2.23. The molecule has 2 atom stereocenters. The van der Waals surface area contributed by atoms with Crippen LogP contribution in [0.25, 0.3) is 0 Å². The van der Waals surface area contributed by atoms with Crippen molar-refractivity contribution >= 4 is 0 Å². The molecule has 10 heavy (non-hydrogen) atoms. The number of hydrogen-bond acceptors (Lipinski definition) is 4. The van der Waals surface area contributed by atoms with Crippen LogP contribution in [-0.2, 0) is 0 Å². The average molecular weight is 140 g/mol. The molecular formula is C6H12N4. The van der Waals surface area contributed by atoms with Crippen LogP contribution in [0.3, 0.4) is 0 Å². The second kappa shape index (κ2) is 2.79. The summed E-state index contributed by atoms with van der Waals surface area (Å²) in [6.07, 6.45) is 4.24. The third kappa shape index (κ3) is 1.80. The second-order valence-electron chi connectivity index (χ2n) is 2.42. The van der Waals surface area contributed by atoms with Crippen molar-refractivity contribution < 1.29 is 0 Å². The van der Waals surface area contributed by atoms with Crippen molar-refractivity contribution in [3.05, 3.63) is 12.3 Å². The van der Waals surface area contributed by atoms with E-state index in [9.17, 15) is 0 Å². The molecule has 1 fully saturated rings. The van der Waals surface area contributed by atoms with Crippen LogP contribution >= 0.6 is 0 Å². The number of nitrogens with one attached hydrogen (secondary N) is 2. The van der Waals surface area contributed by atoms with Crippen molar-refractivity contribution in [2.24, 2.45) is 5.11 Å². The van der Waals surface area contributed by atoms with E-state index in [0.717, 1.165) is 0 Å². The minimum atomic E-state index is -0.00500. The first-order chi connectivity index (χ1) is 4.74. The van der Waals surface area contributed by atoms with Crippen molar-refractivity contribution in [3.8, 4) is 0 Å². The summed E-state index contributed by atoms with van der Waals surface area (Å²) in [4.78, 5) is 0. The highest BCUT2D eigenvalue weighted by Crippen LogP contribution is 2.07. The van der Waals surface area contributed by atoms with Crippen molar-refractivity contribution in [1.82, 2.24) is 10.4 Å². The summed E-state index contributed by atoms with van der Waals surface area (Å²) in [5.74, 6) is 0. The summed E-state index contributed by atoms with van der Waals surface area (Å²) in [5, 5.41) is 5.28. The Hall–Kier alpha value is -0.900. The number of hydrogen-bond donors (Lipinski definition) is 2. The van der Waals surface area contributed by atoms with E-state index in [-0.39, 0.29) is 6.04 Å². The van der Waals surface area contributed by atoms with Gasteiger partial charge in [-0.1, -0.05) is 0 Å². The van der Waals surface area contributed by atoms with Gasteiger partial charge in [0, 0.05) is 6.20 Å². The van der Waals surface area contributed by atoms with Gasteiger partial charge in [-0.15, -0.1) is 0 Å². The normalized spacial score (nSPS) is 27.0. The topological polar surface area (TPSA) is 61.2 Å². The van der Waals surface area contributed by atoms with Crippen molar-refractivity contribution in [3.63, 3.8) is 0 Å². The summed E-state index contributed by atoms with van der Waals surface area (Å²) >= 11 is 0. The van der Waals surface area contributed by atoms with Crippen LogP contribution in [0.15, 0.2) is 17.4 Å². The molecule has 0 aromatic carbocycles. The molecule has 56 valence electrons. The van der Waals surface area contributed by atoms with Crippen LogP contribution < -0.4 is 5.43 Å². The maximum absolute atomic E-state index is 6.66. The Morgan fingerprint density at radius 1 is 1.80 bits per heavy atom. The quantitative estimate of drug-likeness (QED) is 0.455. The van der Waals surface area contributed by atoms with Gasteiger partial charge in [0.25, 0.3) is 0 Å². The summed E-state index contributed by atoms with van der Waals surface area (Å²) in [6.45, 7) is 3.94. The minimum absolute atomic E-state index is 0.00500. The third-order valence-corrected chi connectivity index (χ3v) is 1.41. The van der Waals surface area contributed by atoms with Gasteiger partial charge in [0.1, 0.15) is 6.17 Å². The van der Waals surface area contributed by atoms with Gasteiger partial charge in [-0.25, -0.2) is 11.0 Å². The van der Waals surface area contributed by atoms with E-state index in [2.05, 4.69) is 17.5 Å². The zero-order valence-electron chi connectivity index (χ0n) is 6.20. The van der Waals surface area contributed by atoms with E-state index >= 15 is 0 Å². The fraction of sp³-hybridized carbons (Fsp3) is 0.667. The lowest BCUT2D eigenvalue weighted by Gasteiger charge is -1.93. The lowest BCUT2D eigenvalue weighted by Crippen LogP contribution is -1.94.